The predicted octanol–water partition coefficient (Wildman–Crippen LogP) is 1.97. The van der Waals surface area contributed by atoms with Crippen LogP contribution in [0.15, 0.2) is 12.1 Å². The van der Waals surface area contributed by atoms with Gasteiger partial charge in [-0.25, -0.2) is 0 Å². The summed E-state index contributed by atoms with van der Waals surface area (Å²) in [5, 5.41) is 10.3. The van der Waals surface area contributed by atoms with Gasteiger partial charge in [0.2, 0.25) is 0 Å². The molecule has 0 unspecified atom stereocenters. The van der Waals surface area contributed by atoms with Gasteiger partial charge in [-0.1, -0.05) is 6.07 Å². The highest BCUT2D eigenvalue weighted by molar-refractivity contribution is 5.63. The lowest BCUT2D eigenvalue weighted by molar-refractivity contribution is 0.432. The molecule has 0 radical (unpaired) electrons. The SMILES string of the molecule is CN1CCCc2c1ccc(C(C)(C)N)c2O. The van der Waals surface area contributed by atoms with E-state index in [1.165, 1.54) is 0 Å². The number of hydrogen-bond acceptors (Lipinski definition) is 3. The summed E-state index contributed by atoms with van der Waals surface area (Å²) in [5.74, 6) is 0.386. The fraction of sp³-hybridized carbons (Fsp3) is 0.538. The minimum atomic E-state index is -0.491. The van der Waals surface area contributed by atoms with Crippen LogP contribution in [0.2, 0.25) is 0 Å². The van der Waals surface area contributed by atoms with Crippen molar-refractivity contribution >= 4 is 5.69 Å². The Hall–Kier alpha value is -1.22. The number of hydrogen-bond donors (Lipinski definition) is 2. The number of phenols is 1. The van der Waals surface area contributed by atoms with Gasteiger partial charge in [-0.05, 0) is 32.8 Å². The molecule has 0 saturated carbocycles. The Bertz CT molecular complexity index is 407. The zero-order chi connectivity index (χ0) is 11.9. The predicted molar refractivity (Wildman–Crippen MR) is 66.9 cm³/mol. The van der Waals surface area contributed by atoms with Gasteiger partial charge in [-0.15, -0.1) is 0 Å². The number of benzene rings is 1. The Morgan fingerprint density at radius 2 is 2.06 bits per heavy atom. The molecule has 88 valence electrons. The summed E-state index contributed by atoms with van der Waals surface area (Å²) in [6.45, 7) is 4.89. The van der Waals surface area contributed by atoms with E-state index < -0.39 is 5.54 Å². The molecule has 2 rings (SSSR count). The van der Waals surface area contributed by atoms with Crippen LogP contribution in [-0.2, 0) is 12.0 Å². The molecule has 0 bridgehead atoms. The van der Waals surface area contributed by atoms with Crippen LogP contribution < -0.4 is 10.6 Å². The smallest absolute Gasteiger partial charge is 0.125 e. The number of aromatic hydroxyl groups is 1. The van der Waals surface area contributed by atoms with E-state index in [9.17, 15) is 5.11 Å². The van der Waals surface area contributed by atoms with Crippen LogP contribution in [0.1, 0.15) is 31.4 Å². The fourth-order valence-corrected chi connectivity index (χ4v) is 2.36. The molecule has 0 aliphatic carbocycles. The average molecular weight is 220 g/mol. The summed E-state index contributed by atoms with van der Waals surface area (Å²) in [4.78, 5) is 2.19. The van der Waals surface area contributed by atoms with E-state index in [2.05, 4.69) is 18.0 Å². The molecule has 1 aromatic carbocycles. The minimum Gasteiger partial charge on any atom is -0.507 e. The molecule has 3 nitrogen and oxygen atoms in total. The number of nitrogens with zero attached hydrogens (tertiary/aromatic N) is 1. The molecule has 0 amide bonds. The van der Waals surface area contributed by atoms with Crippen LogP contribution in [0.25, 0.3) is 0 Å². The highest BCUT2D eigenvalue weighted by Gasteiger charge is 2.24. The van der Waals surface area contributed by atoms with Gasteiger partial charge in [0.05, 0.1) is 0 Å². The standard InChI is InChI=1S/C13H20N2O/c1-13(2,14)10-6-7-11-9(12(10)16)5-4-8-15(11)3/h6-7,16H,4-5,8,14H2,1-3H3. The molecule has 1 aromatic rings. The lowest BCUT2D eigenvalue weighted by Gasteiger charge is -2.31. The van der Waals surface area contributed by atoms with E-state index in [-0.39, 0.29) is 0 Å². The van der Waals surface area contributed by atoms with Gasteiger partial charge in [-0.3, -0.25) is 0 Å². The van der Waals surface area contributed by atoms with Gasteiger partial charge in [0.1, 0.15) is 5.75 Å². The number of fused-ring (bicyclic) bond motifs is 1. The van der Waals surface area contributed by atoms with Crippen molar-refractivity contribution in [2.45, 2.75) is 32.2 Å². The maximum atomic E-state index is 10.3. The van der Waals surface area contributed by atoms with Gasteiger partial charge in [-0.2, -0.15) is 0 Å². The molecule has 0 saturated heterocycles. The molecule has 0 aromatic heterocycles. The Morgan fingerprint density at radius 3 is 2.69 bits per heavy atom. The number of phenolic OH excluding ortho intramolecular Hbond substituents is 1. The van der Waals surface area contributed by atoms with Crippen molar-refractivity contribution in [3.05, 3.63) is 23.3 Å². The Kier molecular flexibility index (Phi) is 2.58. The van der Waals surface area contributed by atoms with Crippen LogP contribution in [-0.4, -0.2) is 18.7 Å². The van der Waals surface area contributed by atoms with E-state index in [0.717, 1.165) is 36.2 Å². The van der Waals surface area contributed by atoms with E-state index in [0.29, 0.717) is 5.75 Å². The summed E-state index contributed by atoms with van der Waals surface area (Å²) >= 11 is 0. The first kappa shape index (κ1) is 11.3. The van der Waals surface area contributed by atoms with Crippen LogP contribution in [0.3, 0.4) is 0 Å². The summed E-state index contributed by atoms with van der Waals surface area (Å²) in [6.07, 6.45) is 2.03. The fourth-order valence-electron chi connectivity index (χ4n) is 2.36. The zero-order valence-corrected chi connectivity index (χ0v) is 10.2. The van der Waals surface area contributed by atoms with Crippen LogP contribution in [0.4, 0.5) is 5.69 Å². The maximum Gasteiger partial charge on any atom is 0.125 e. The lowest BCUT2D eigenvalue weighted by Crippen LogP contribution is -2.30. The Balaban J connectivity index is 2.55. The second kappa shape index (κ2) is 3.67. The van der Waals surface area contributed by atoms with E-state index in [4.69, 9.17) is 5.73 Å². The van der Waals surface area contributed by atoms with Crippen molar-refractivity contribution in [3.8, 4) is 5.75 Å². The van der Waals surface area contributed by atoms with E-state index >= 15 is 0 Å². The lowest BCUT2D eigenvalue weighted by atomic mass is 9.89. The average Bonchev–Trinajstić information content (AvgIpc) is 2.18. The second-order valence-corrected chi connectivity index (χ2v) is 5.21. The molecule has 0 atom stereocenters. The Labute approximate surface area is 96.9 Å². The molecule has 3 heteroatoms. The number of rotatable bonds is 1. The van der Waals surface area contributed by atoms with Crippen molar-refractivity contribution in [2.24, 2.45) is 5.73 Å². The van der Waals surface area contributed by atoms with Crippen molar-refractivity contribution in [1.29, 1.82) is 0 Å². The normalized spacial score (nSPS) is 16.1. The molecule has 1 aliphatic rings. The van der Waals surface area contributed by atoms with Gasteiger partial charge in [0.15, 0.2) is 0 Å². The van der Waals surface area contributed by atoms with Gasteiger partial charge >= 0.3 is 0 Å². The summed E-state index contributed by atoms with van der Waals surface area (Å²) < 4.78 is 0. The number of nitrogens with two attached hydrogens (primary N) is 1. The molecular weight excluding hydrogens is 200 g/mol. The van der Waals surface area contributed by atoms with E-state index in [1.54, 1.807) is 0 Å². The monoisotopic (exact) mass is 220 g/mol. The van der Waals surface area contributed by atoms with Gasteiger partial charge in [0, 0.05) is 35.9 Å². The Morgan fingerprint density at radius 1 is 1.38 bits per heavy atom. The third kappa shape index (κ3) is 1.76. The molecule has 3 N–H and O–H groups in total. The minimum absolute atomic E-state index is 0.386. The maximum absolute atomic E-state index is 10.3. The quantitative estimate of drug-likeness (QED) is 0.760. The molecule has 1 heterocycles. The number of anilines is 1. The van der Waals surface area contributed by atoms with Gasteiger partial charge < -0.3 is 15.7 Å². The van der Waals surface area contributed by atoms with Gasteiger partial charge in [0.25, 0.3) is 0 Å². The first-order valence-electron chi connectivity index (χ1n) is 5.76. The highest BCUT2D eigenvalue weighted by Crippen LogP contribution is 2.38. The molecular formula is C13H20N2O. The topological polar surface area (TPSA) is 49.5 Å². The van der Waals surface area contributed by atoms with Crippen LogP contribution >= 0.6 is 0 Å². The second-order valence-electron chi connectivity index (χ2n) is 5.21. The van der Waals surface area contributed by atoms with E-state index in [1.807, 2.05) is 19.9 Å². The molecule has 0 fully saturated rings. The molecule has 1 aliphatic heterocycles. The first-order valence-corrected chi connectivity index (χ1v) is 5.76. The van der Waals surface area contributed by atoms with Crippen LogP contribution in [0, 0.1) is 0 Å². The van der Waals surface area contributed by atoms with Crippen molar-refractivity contribution in [2.75, 3.05) is 18.5 Å². The first-order chi connectivity index (χ1) is 7.41. The largest absolute Gasteiger partial charge is 0.507 e. The van der Waals surface area contributed by atoms with Crippen molar-refractivity contribution < 1.29 is 5.11 Å². The van der Waals surface area contributed by atoms with Crippen molar-refractivity contribution in [1.82, 2.24) is 0 Å². The molecule has 0 spiro atoms. The third-order valence-electron chi connectivity index (χ3n) is 3.28. The summed E-state index contributed by atoms with van der Waals surface area (Å²) in [6, 6.07) is 4.01. The summed E-state index contributed by atoms with van der Waals surface area (Å²) in [7, 11) is 2.06. The summed E-state index contributed by atoms with van der Waals surface area (Å²) in [5.41, 5.74) is 8.58. The zero-order valence-electron chi connectivity index (χ0n) is 10.2. The molecule has 16 heavy (non-hydrogen) atoms. The third-order valence-corrected chi connectivity index (χ3v) is 3.28. The van der Waals surface area contributed by atoms with Crippen molar-refractivity contribution in [3.63, 3.8) is 0 Å². The van der Waals surface area contributed by atoms with Crippen LogP contribution in [0.5, 0.6) is 5.75 Å². The highest BCUT2D eigenvalue weighted by atomic mass is 16.3.